The molecule has 0 spiro atoms. The van der Waals surface area contributed by atoms with Crippen LogP contribution in [0.15, 0.2) is 18.5 Å². The van der Waals surface area contributed by atoms with Gasteiger partial charge in [0, 0.05) is 13.8 Å². The molecule has 0 bridgehead atoms. The molecule has 1 amide bonds. The molecule has 2 aromatic rings. The van der Waals surface area contributed by atoms with Crippen molar-refractivity contribution >= 4 is 23.2 Å². The largest absolute Gasteiger partial charge is 0.463 e. The van der Waals surface area contributed by atoms with Gasteiger partial charge in [0.15, 0.2) is 5.82 Å². The van der Waals surface area contributed by atoms with Gasteiger partial charge in [-0.3, -0.25) is 9.59 Å². The number of anilines is 1. The summed E-state index contributed by atoms with van der Waals surface area (Å²) < 4.78 is 11.7. The molecule has 142 valence electrons. The van der Waals surface area contributed by atoms with Crippen molar-refractivity contribution in [3.8, 4) is 6.07 Å². The number of hydrogen-bond donors (Lipinski definition) is 3. The Labute approximate surface area is 153 Å². The second kappa shape index (κ2) is 6.92. The molecule has 0 aliphatic carbocycles. The van der Waals surface area contributed by atoms with Gasteiger partial charge in [-0.25, -0.2) is 9.50 Å². The molecule has 11 heteroatoms. The zero-order valence-electron chi connectivity index (χ0n) is 14.5. The minimum atomic E-state index is -1.96. The first-order chi connectivity index (χ1) is 12.8. The molecule has 3 rings (SSSR count). The maximum atomic E-state index is 11.3. The van der Waals surface area contributed by atoms with Crippen molar-refractivity contribution in [2.45, 2.75) is 37.8 Å². The average Bonchev–Trinajstić information content (AvgIpc) is 3.15. The van der Waals surface area contributed by atoms with E-state index in [1.165, 1.54) is 30.8 Å². The van der Waals surface area contributed by atoms with Crippen LogP contribution >= 0.6 is 0 Å². The van der Waals surface area contributed by atoms with Crippen LogP contribution in [0.3, 0.4) is 0 Å². The normalized spacial score (nSPS) is 27.3. The molecule has 27 heavy (non-hydrogen) atoms. The third kappa shape index (κ3) is 3.10. The highest BCUT2D eigenvalue weighted by atomic mass is 16.6. The fourth-order valence-electron chi connectivity index (χ4n) is 2.99. The molecule has 11 nitrogen and oxygen atoms in total. The highest BCUT2D eigenvalue weighted by Gasteiger charge is 2.57. The minimum Gasteiger partial charge on any atom is -0.463 e. The lowest BCUT2D eigenvalue weighted by atomic mass is 9.92. The van der Waals surface area contributed by atoms with Crippen LogP contribution in [0.25, 0.3) is 5.52 Å². The summed E-state index contributed by atoms with van der Waals surface area (Å²) in [6, 6.07) is 4.91. The van der Waals surface area contributed by atoms with Gasteiger partial charge in [0.05, 0.1) is 5.69 Å². The molecule has 2 aromatic heterocycles. The monoisotopic (exact) mass is 375 g/mol. The number of nitriles is 1. The van der Waals surface area contributed by atoms with E-state index in [1.54, 1.807) is 6.07 Å². The standard InChI is InChI=1S/C16H17N5O6/c1-8(22)20-15-10-3-4-12(21(10)19-7-18-15)16(6-17)14(25)13(24)11(27-16)5-26-9(2)23/h3-4,7,11,13-14,24-25H,5H2,1-2H3,(H,18,19,20,22)/t11-,13+,14-,16+/m1/s1. The summed E-state index contributed by atoms with van der Waals surface area (Å²) in [5.74, 6) is -0.723. The maximum Gasteiger partial charge on any atom is 0.302 e. The Kier molecular flexibility index (Phi) is 4.79. The van der Waals surface area contributed by atoms with Crippen LogP contribution < -0.4 is 5.32 Å². The van der Waals surface area contributed by atoms with Crippen LogP contribution in [0.4, 0.5) is 5.82 Å². The number of fused-ring (bicyclic) bond motifs is 1. The summed E-state index contributed by atoms with van der Waals surface area (Å²) in [7, 11) is 0. The highest BCUT2D eigenvalue weighted by molar-refractivity contribution is 5.91. The molecule has 1 saturated heterocycles. The van der Waals surface area contributed by atoms with Gasteiger partial charge in [-0.1, -0.05) is 0 Å². The van der Waals surface area contributed by atoms with Gasteiger partial charge in [-0.2, -0.15) is 10.4 Å². The molecule has 1 aliphatic heterocycles. The van der Waals surface area contributed by atoms with Crippen LogP contribution in [0.5, 0.6) is 0 Å². The Morgan fingerprint density at radius 1 is 1.44 bits per heavy atom. The van der Waals surface area contributed by atoms with E-state index in [9.17, 15) is 25.1 Å². The number of rotatable bonds is 4. The number of carbonyl (C=O) groups is 2. The summed E-state index contributed by atoms with van der Waals surface area (Å²) in [4.78, 5) is 26.3. The van der Waals surface area contributed by atoms with Gasteiger partial charge < -0.3 is 25.0 Å². The van der Waals surface area contributed by atoms with Crippen molar-refractivity contribution in [3.05, 3.63) is 24.2 Å². The van der Waals surface area contributed by atoms with Crippen molar-refractivity contribution in [1.82, 2.24) is 14.6 Å². The first kappa shape index (κ1) is 18.7. The molecule has 3 N–H and O–H groups in total. The lowest BCUT2D eigenvalue weighted by molar-refractivity contribution is -0.148. The zero-order chi connectivity index (χ0) is 19.8. The Morgan fingerprint density at radius 2 is 2.19 bits per heavy atom. The minimum absolute atomic E-state index is 0.130. The Hall–Kier alpha value is -3.07. The maximum absolute atomic E-state index is 11.3. The van der Waals surface area contributed by atoms with E-state index in [-0.39, 0.29) is 24.0 Å². The van der Waals surface area contributed by atoms with Gasteiger partial charge >= 0.3 is 5.97 Å². The summed E-state index contributed by atoms with van der Waals surface area (Å²) in [5.41, 5.74) is -1.46. The van der Waals surface area contributed by atoms with E-state index < -0.39 is 29.9 Å². The predicted molar refractivity (Wildman–Crippen MR) is 88.1 cm³/mol. The number of aromatic nitrogens is 3. The smallest absolute Gasteiger partial charge is 0.302 e. The third-order valence-electron chi connectivity index (χ3n) is 4.20. The van der Waals surface area contributed by atoms with Crippen molar-refractivity contribution in [3.63, 3.8) is 0 Å². The van der Waals surface area contributed by atoms with Crippen LogP contribution in [0.1, 0.15) is 19.5 Å². The summed E-state index contributed by atoms with van der Waals surface area (Å²) in [6.45, 7) is 2.18. The quantitative estimate of drug-likeness (QED) is 0.575. The third-order valence-corrected chi connectivity index (χ3v) is 4.20. The van der Waals surface area contributed by atoms with Crippen LogP contribution in [-0.2, 0) is 24.7 Å². The molecule has 0 radical (unpaired) electrons. The summed E-state index contributed by atoms with van der Waals surface area (Å²) in [6.07, 6.45) is -3.03. The van der Waals surface area contributed by atoms with Gasteiger partial charge in [-0.15, -0.1) is 0 Å². The molecule has 0 saturated carbocycles. The molecule has 0 unspecified atom stereocenters. The first-order valence-corrected chi connectivity index (χ1v) is 7.99. The lowest BCUT2D eigenvalue weighted by Crippen LogP contribution is -2.41. The van der Waals surface area contributed by atoms with E-state index in [2.05, 4.69) is 15.4 Å². The Bertz CT molecular complexity index is 937. The molecule has 0 aromatic carbocycles. The number of amides is 1. The second-order valence-corrected chi connectivity index (χ2v) is 6.05. The van der Waals surface area contributed by atoms with Crippen LogP contribution in [0.2, 0.25) is 0 Å². The topological polar surface area (TPSA) is 159 Å². The molecule has 3 heterocycles. The van der Waals surface area contributed by atoms with Crippen molar-refractivity contribution in [2.24, 2.45) is 0 Å². The highest BCUT2D eigenvalue weighted by Crippen LogP contribution is 2.40. The molecule has 4 atom stereocenters. The van der Waals surface area contributed by atoms with Gasteiger partial charge in [0.25, 0.3) is 0 Å². The second-order valence-electron chi connectivity index (χ2n) is 6.05. The van der Waals surface area contributed by atoms with Crippen molar-refractivity contribution < 1.29 is 29.3 Å². The number of nitrogens with one attached hydrogen (secondary N) is 1. The van der Waals surface area contributed by atoms with Crippen LogP contribution in [0, 0.1) is 11.3 Å². The predicted octanol–water partition coefficient (Wildman–Crippen LogP) is -0.910. The number of ether oxygens (including phenoxy) is 2. The fraction of sp³-hybridized carbons (Fsp3) is 0.438. The average molecular weight is 375 g/mol. The number of esters is 1. The SMILES string of the molecule is CC(=O)Nc1ncnn2c([C@]3(C#N)O[C@H](COC(C)=O)[C@H](O)[C@H]3O)ccc12. The zero-order valence-corrected chi connectivity index (χ0v) is 14.5. The molecular weight excluding hydrogens is 358 g/mol. The van der Waals surface area contributed by atoms with Crippen LogP contribution in [-0.4, -0.2) is 61.6 Å². The Morgan fingerprint density at radius 3 is 2.81 bits per heavy atom. The first-order valence-electron chi connectivity index (χ1n) is 7.99. The Balaban J connectivity index is 2.04. The number of hydrogen-bond acceptors (Lipinski definition) is 9. The fourth-order valence-corrected chi connectivity index (χ4v) is 2.99. The van der Waals surface area contributed by atoms with Crippen molar-refractivity contribution in [2.75, 3.05) is 11.9 Å². The van der Waals surface area contributed by atoms with E-state index in [1.807, 2.05) is 6.07 Å². The lowest BCUT2D eigenvalue weighted by Gasteiger charge is -2.24. The van der Waals surface area contributed by atoms with Gasteiger partial charge in [-0.05, 0) is 12.1 Å². The molecular formula is C16H17N5O6. The van der Waals surface area contributed by atoms with E-state index >= 15 is 0 Å². The van der Waals surface area contributed by atoms with E-state index in [0.29, 0.717) is 5.52 Å². The number of aliphatic hydroxyl groups excluding tert-OH is 2. The number of aliphatic hydroxyl groups is 2. The molecule has 1 fully saturated rings. The molecule has 1 aliphatic rings. The number of nitrogens with zero attached hydrogens (tertiary/aromatic N) is 4. The van der Waals surface area contributed by atoms with E-state index in [4.69, 9.17) is 9.47 Å². The summed E-state index contributed by atoms with van der Waals surface area (Å²) in [5, 5.41) is 37.1. The summed E-state index contributed by atoms with van der Waals surface area (Å²) >= 11 is 0. The number of carbonyl (C=O) groups excluding carboxylic acids is 2. The van der Waals surface area contributed by atoms with Gasteiger partial charge in [0.1, 0.15) is 42.8 Å². The van der Waals surface area contributed by atoms with Crippen molar-refractivity contribution in [1.29, 1.82) is 5.26 Å². The van der Waals surface area contributed by atoms with Gasteiger partial charge in [0.2, 0.25) is 11.5 Å². The van der Waals surface area contributed by atoms with E-state index in [0.717, 1.165) is 0 Å².